The second-order valence-corrected chi connectivity index (χ2v) is 4.31. The lowest BCUT2D eigenvalue weighted by molar-refractivity contribution is 0.117. The number of rotatable bonds is 1. The molecule has 0 spiro atoms. The van der Waals surface area contributed by atoms with E-state index in [2.05, 4.69) is 23.6 Å². The Labute approximate surface area is 96.4 Å². The topological polar surface area (TPSA) is 72.0 Å². The summed E-state index contributed by atoms with van der Waals surface area (Å²) in [5, 5.41) is 16.5. The Morgan fingerprint density at radius 1 is 1.62 bits per heavy atom. The van der Waals surface area contributed by atoms with Crippen LogP contribution in [0.2, 0.25) is 0 Å². The van der Waals surface area contributed by atoms with Crippen LogP contribution in [0, 0.1) is 17.2 Å². The monoisotopic (exact) mass is 224 g/mol. The molecule has 0 aromatic rings. The number of aliphatic hydroxyl groups is 1. The summed E-state index contributed by atoms with van der Waals surface area (Å²) in [6.07, 6.45) is 0.934. The molecule has 0 aromatic heterocycles. The van der Waals surface area contributed by atoms with Gasteiger partial charge in [-0.3, -0.25) is 5.41 Å². The minimum absolute atomic E-state index is 0.235. The van der Waals surface area contributed by atoms with Gasteiger partial charge in [-0.05, 0) is 31.9 Å². The summed E-state index contributed by atoms with van der Waals surface area (Å²) in [6, 6.07) is 0. The van der Waals surface area contributed by atoms with E-state index in [1.54, 1.807) is 6.92 Å². The van der Waals surface area contributed by atoms with Gasteiger partial charge in [0, 0.05) is 19.7 Å². The van der Waals surface area contributed by atoms with E-state index in [1.165, 1.54) is 0 Å². The van der Waals surface area contributed by atoms with Crippen LogP contribution < -0.4 is 0 Å². The van der Waals surface area contributed by atoms with Crippen LogP contribution in [0.1, 0.15) is 20.3 Å². The number of nitrogens with one attached hydrogen (secondary N) is 1. The SMILES string of the molecule is C=NC(=NC(C)=N)N1CCC(CO)C(C)C1. The third-order valence-electron chi connectivity index (χ3n) is 3.01. The van der Waals surface area contributed by atoms with Crippen molar-refractivity contribution in [1.82, 2.24) is 4.90 Å². The summed E-state index contributed by atoms with van der Waals surface area (Å²) < 4.78 is 0. The van der Waals surface area contributed by atoms with Crippen LogP contribution in [0.15, 0.2) is 9.98 Å². The Hall–Kier alpha value is -1.23. The van der Waals surface area contributed by atoms with Crippen molar-refractivity contribution in [2.75, 3.05) is 19.7 Å². The summed E-state index contributed by atoms with van der Waals surface area (Å²) in [7, 11) is 0. The van der Waals surface area contributed by atoms with Gasteiger partial charge in [0.25, 0.3) is 0 Å². The molecule has 1 rings (SSSR count). The zero-order valence-corrected chi connectivity index (χ0v) is 9.98. The molecule has 0 aliphatic carbocycles. The minimum Gasteiger partial charge on any atom is -0.396 e. The number of nitrogens with zero attached hydrogens (tertiary/aromatic N) is 3. The van der Waals surface area contributed by atoms with Gasteiger partial charge in [-0.1, -0.05) is 6.92 Å². The van der Waals surface area contributed by atoms with Crippen molar-refractivity contribution in [2.24, 2.45) is 21.8 Å². The van der Waals surface area contributed by atoms with Gasteiger partial charge >= 0.3 is 0 Å². The molecule has 5 nitrogen and oxygen atoms in total. The third kappa shape index (κ3) is 3.13. The first kappa shape index (κ1) is 12.8. The number of hydrogen-bond donors (Lipinski definition) is 2. The highest BCUT2D eigenvalue weighted by Crippen LogP contribution is 2.23. The van der Waals surface area contributed by atoms with Crippen LogP contribution in [0.3, 0.4) is 0 Å². The molecule has 0 bridgehead atoms. The van der Waals surface area contributed by atoms with Gasteiger partial charge < -0.3 is 10.0 Å². The first-order valence-electron chi connectivity index (χ1n) is 5.54. The van der Waals surface area contributed by atoms with Gasteiger partial charge in [0.1, 0.15) is 5.84 Å². The number of amidine groups is 1. The Kier molecular flexibility index (Phi) is 4.61. The Bertz CT molecular complexity index is 300. The molecule has 5 heteroatoms. The molecular weight excluding hydrogens is 204 g/mol. The zero-order valence-electron chi connectivity index (χ0n) is 9.98. The van der Waals surface area contributed by atoms with Crippen LogP contribution in [0.4, 0.5) is 0 Å². The number of likely N-dealkylation sites (tertiary alicyclic amines) is 1. The quantitative estimate of drug-likeness (QED) is 0.515. The van der Waals surface area contributed by atoms with Gasteiger partial charge in [-0.2, -0.15) is 4.99 Å². The molecule has 2 N–H and O–H groups in total. The summed E-state index contributed by atoms with van der Waals surface area (Å²) in [6.45, 7) is 9.10. The van der Waals surface area contributed by atoms with Gasteiger partial charge in [-0.25, -0.2) is 4.99 Å². The lowest BCUT2D eigenvalue weighted by Crippen LogP contribution is -2.43. The summed E-state index contributed by atoms with van der Waals surface area (Å²) >= 11 is 0. The van der Waals surface area contributed by atoms with Crippen LogP contribution >= 0.6 is 0 Å². The molecule has 1 saturated heterocycles. The lowest BCUT2D eigenvalue weighted by atomic mass is 9.88. The normalized spacial score (nSPS) is 26.7. The van der Waals surface area contributed by atoms with E-state index in [9.17, 15) is 5.11 Å². The van der Waals surface area contributed by atoms with E-state index in [4.69, 9.17) is 5.41 Å². The predicted molar refractivity (Wildman–Crippen MR) is 66.3 cm³/mol. The highest BCUT2D eigenvalue weighted by molar-refractivity contribution is 5.95. The van der Waals surface area contributed by atoms with E-state index >= 15 is 0 Å². The number of guanidine groups is 1. The predicted octanol–water partition coefficient (Wildman–Crippen LogP) is 0.990. The molecule has 16 heavy (non-hydrogen) atoms. The molecular formula is C11H20N4O. The van der Waals surface area contributed by atoms with Crippen molar-refractivity contribution < 1.29 is 5.11 Å². The number of hydrogen-bond acceptors (Lipinski definition) is 2. The summed E-state index contributed by atoms with van der Waals surface area (Å²) in [5.74, 6) is 1.54. The molecule has 0 radical (unpaired) electrons. The molecule has 1 fully saturated rings. The van der Waals surface area contributed by atoms with Crippen molar-refractivity contribution in [3.63, 3.8) is 0 Å². The fraction of sp³-hybridized carbons (Fsp3) is 0.727. The largest absolute Gasteiger partial charge is 0.396 e. The van der Waals surface area contributed by atoms with Gasteiger partial charge in [-0.15, -0.1) is 0 Å². The Balaban J connectivity index is 2.69. The van der Waals surface area contributed by atoms with Gasteiger partial charge in [0.2, 0.25) is 5.96 Å². The van der Waals surface area contributed by atoms with E-state index in [0.29, 0.717) is 17.8 Å². The smallest absolute Gasteiger partial charge is 0.226 e. The Morgan fingerprint density at radius 3 is 2.75 bits per heavy atom. The van der Waals surface area contributed by atoms with Crippen LogP contribution in [0.5, 0.6) is 0 Å². The molecule has 1 heterocycles. The first-order chi connectivity index (χ1) is 7.58. The molecule has 0 saturated carbocycles. The average Bonchev–Trinajstić information content (AvgIpc) is 2.25. The van der Waals surface area contributed by atoms with Crippen LogP contribution in [-0.2, 0) is 0 Å². The fourth-order valence-corrected chi connectivity index (χ4v) is 2.00. The van der Waals surface area contributed by atoms with Crippen molar-refractivity contribution in [3.05, 3.63) is 0 Å². The van der Waals surface area contributed by atoms with E-state index in [-0.39, 0.29) is 12.4 Å². The summed E-state index contributed by atoms with van der Waals surface area (Å²) in [4.78, 5) is 9.93. The van der Waals surface area contributed by atoms with Crippen LogP contribution in [-0.4, -0.2) is 48.2 Å². The van der Waals surface area contributed by atoms with E-state index in [0.717, 1.165) is 19.5 Å². The maximum atomic E-state index is 9.17. The van der Waals surface area contributed by atoms with E-state index in [1.807, 2.05) is 4.90 Å². The number of aliphatic hydroxyl groups excluding tert-OH is 1. The van der Waals surface area contributed by atoms with Crippen molar-refractivity contribution in [1.29, 1.82) is 5.41 Å². The zero-order chi connectivity index (χ0) is 12.1. The molecule has 2 atom stereocenters. The minimum atomic E-state index is 0.235. The first-order valence-corrected chi connectivity index (χ1v) is 5.54. The Morgan fingerprint density at radius 2 is 2.31 bits per heavy atom. The average molecular weight is 224 g/mol. The van der Waals surface area contributed by atoms with Crippen LogP contribution in [0.25, 0.3) is 0 Å². The molecule has 0 aromatic carbocycles. The molecule has 1 aliphatic rings. The molecule has 1 aliphatic heterocycles. The van der Waals surface area contributed by atoms with Gasteiger partial charge in [0.15, 0.2) is 0 Å². The second-order valence-electron chi connectivity index (χ2n) is 4.31. The molecule has 2 unspecified atom stereocenters. The number of piperidine rings is 1. The molecule has 0 amide bonds. The maximum Gasteiger partial charge on any atom is 0.226 e. The highest BCUT2D eigenvalue weighted by atomic mass is 16.3. The maximum absolute atomic E-state index is 9.17. The van der Waals surface area contributed by atoms with Gasteiger partial charge in [0.05, 0.1) is 0 Å². The second kappa shape index (κ2) is 5.75. The fourth-order valence-electron chi connectivity index (χ4n) is 2.00. The number of aliphatic imine (C=N–C) groups is 2. The molecule has 90 valence electrons. The van der Waals surface area contributed by atoms with E-state index < -0.39 is 0 Å². The lowest BCUT2D eigenvalue weighted by Gasteiger charge is -2.36. The summed E-state index contributed by atoms with van der Waals surface area (Å²) in [5.41, 5.74) is 0. The van der Waals surface area contributed by atoms with Crippen molar-refractivity contribution in [2.45, 2.75) is 20.3 Å². The third-order valence-corrected chi connectivity index (χ3v) is 3.01. The highest BCUT2D eigenvalue weighted by Gasteiger charge is 2.26. The van der Waals surface area contributed by atoms with Crippen molar-refractivity contribution in [3.8, 4) is 0 Å². The standard InChI is InChI=1S/C11H20N4O/c1-8-6-15(5-4-10(8)7-16)11(13-3)14-9(2)12/h8,10,12,16H,3-7H2,1-2H3. The van der Waals surface area contributed by atoms with Crippen molar-refractivity contribution >= 4 is 18.5 Å².